The highest BCUT2D eigenvalue weighted by Crippen LogP contribution is 2.35. The van der Waals surface area contributed by atoms with Crippen molar-refractivity contribution >= 4 is 28.3 Å². The fourth-order valence-corrected chi connectivity index (χ4v) is 3.24. The number of benzene rings is 3. The van der Waals surface area contributed by atoms with E-state index in [1.165, 1.54) is 0 Å². The van der Waals surface area contributed by atoms with Crippen molar-refractivity contribution < 1.29 is 32.0 Å². The lowest BCUT2D eigenvalue weighted by atomic mass is 10.1. The molecule has 34 heavy (non-hydrogen) atoms. The highest BCUT2D eigenvalue weighted by atomic mass is 19.4. The third kappa shape index (κ3) is 4.77. The van der Waals surface area contributed by atoms with Crippen LogP contribution in [-0.2, 0) is 12.8 Å². The molecule has 0 aliphatic rings. The molecule has 0 saturated carbocycles. The minimum atomic E-state index is -4.76. The number of alkyl halides is 3. The van der Waals surface area contributed by atoms with Crippen LogP contribution >= 0.6 is 0 Å². The average Bonchev–Trinajstić information content (AvgIpc) is 3.19. The molecule has 2 N–H and O–H groups in total. The van der Waals surface area contributed by atoms with E-state index in [1.54, 1.807) is 48.5 Å². The van der Waals surface area contributed by atoms with Crippen LogP contribution in [0.15, 0.2) is 77.2 Å². The monoisotopic (exact) mass is 471 g/mol. The van der Waals surface area contributed by atoms with Crippen LogP contribution in [0.2, 0.25) is 0 Å². The molecule has 0 fully saturated rings. The quantitative estimate of drug-likeness (QED) is 0.265. The van der Waals surface area contributed by atoms with E-state index in [2.05, 4.69) is 10.9 Å². The molecular weight excluding hydrogens is 455 g/mol. The number of para-hydroxylation sites is 2. The van der Waals surface area contributed by atoms with E-state index in [-0.39, 0.29) is 18.1 Å². The van der Waals surface area contributed by atoms with Crippen molar-refractivity contribution in [3.05, 3.63) is 99.8 Å². The van der Waals surface area contributed by atoms with Gasteiger partial charge < -0.3 is 9.15 Å². The number of halogens is 3. The minimum absolute atomic E-state index is 0.00971. The molecule has 3 aromatic carbocycles. The third-order valence-corrected chi connectivity index (χ3v) is 4.86. The smallest absolute Gasteiger partial charge is 0.416 e. The van der Waals surface area contributed by atoms with Crippen molar-refractivity contribution in [2.24, 2.45) is 0 Å². The summed E-state index contributed by atoms with van der Waals surface area (Å²) in [4.78, 5) is 23.1. The zero-order chi connectivity index (χ0) is 24.3. The number of ether oxygens (including phenoxy) is 1. The zero-order valence-corrected chi connectivity index (χ0v) is 17.3. The summed E-state index contributed by atoms with van der Waals surface area (Å²) >= 11 is 0. The lowest BCUT2D eigenvalue weighted by Crippen LogP contribution is -2.30. The molecule has 0 aliphatic carbocycles. The lowest BCUT2D eigenvalue weighted by Gasteiger charge is -2.11. The summed E-state index contributed by atoms with van der Waals surface area (Å²) in [5.74, 6) is -0.339. The number of rotatable bonds is 7. The first kappa shape index (κ1) is 22.6. The van der Waals surface area contributed by atoms with Gasteiger partial charge in [0.1, 0.15) is 23.6 Å². The molecule has 0 unspecified atom stereocenters. The van der Waals surface area contributed by atoms with Crippen LogP contribution in [0.4, 0.5) is 24.5 Å². The van der Waals surface area contributed by atoms with Crippen LogP contribution in [0.25, 0.3) is 11.0 Å². The molecule has 0 bridgehead atoms. The van der Waals surface area contributed by atoms with E-state index in [9.17, 15) is 28.1 Å². The van der Waals surface area contributed by atoms with Gasteiger partial charge in [-0.05, 0) is 30.3 Å². The van der Waals surface area contributed by atoms with Gasteiger partial charge in [-0.15, -0.1) is 0 Å². The van der Waals surface area contributed by atoms with Crippen molar-refractivity contribution in [2.75, 3.05) is 5.43 Å². The van der Waals surface area contributed by atoms with Gasteiger partial charge in [-0.3, -0.25) is 25.8 Å². The number of hydrogen-bond acceptors (Lipinski definition) is 6. The fraction of sp³-hybridized carbons (Fsp3) is 0.0870. The Bertz CT molecular complexity index is 1350. The Kier molecular flexibility index (Phi) is 6.09. The van der Waals surface area contributed by atoms with Crippen molar-refractivity contribution in [3.8, 4) is 5.75 Å². The van der Waals surface area contributed by atoms with Crippen LogP contribution in [0, 0.1) is 10.1 Å². The Morgan fingerprint density at radius 2 is 1.74 bits per heavy atom. The average molecular weight is 471 g/mol. The van der Waals surface area contributed by atoms with Crippen molar-refractivity contribution in [2.45, 2.75) is 12.8 Å². The number of furan rings is 1. The van der Waals surface area contributed by atoms with Gasteiger partial charge in [0.15, 0.2) is 0 Å². The van der Waals surface area contributed by atoms with Gasteiger partial charge in [-0.2, -0.15) is 13.2 Å². The second kappa shape index (κ2) is 9.14. The Labute approximate surface area is 190 Å². The van der Waals surface area contributed by atoms with E-state index in [0.717, 1.165) is 6.07 Å². The van der Waals surface area contributed by atoms with E-state index in [0.29, 0.717) is 34.4 Å². The van der Waals surface area contributed by atoms with Gasteiger partial charge in [-0.1, -0.05) is 36.4 Å². The predicted molar refractivity (Wildman–Crippen MR) is 116 cm³/mol. The number of fused-ring (bicyclic) bond motifs is 1. The second-order valence-electron chi connectivity index (χ2n) is 7.07. The van der Waals surface area contributed by atoms with Crippen LogP contribution < -0.4 is 15.6 Å². The fourth-order valence-electron chi connectivity index (χ4n) is 3.24. The normalized spacial score (nSPS) is 11.3. The molecule has 11 heteroatoms. The van der Waals surface area contributed by atoms with E-state index in [4.69, 9.17) is 9.15 Å². The molecule has 0 saturated heterocycles. The van der Waals surface area contributed by atoms with Gasteiger partial charge in [0.2, 0.25) is 5.76 Å². The maximum atomic E-state index is 12.9. The maximum absolute atomic E-state index is 12.9. The second-order valence-corrected chi connectivity index (χ2v) is 7.07. The predicted octanol–water partition coefficient (Wildman–Crippen LogP) is 5.70. The summed E-state index contributed by atoms with van der Waals surface area (Å²) in [7, 11) is 0. The Hall–Kier alpha value is -4.54. The van der Waals surface area contributed by atoms with Crippen molar-refractivity contribution in [1.29, 1.82) is 0 Å². The molecule has 4 aromatic rings. The van der Waals surface area contributed by atoms with Crippen LogP contribution in [0.5, 0.6) is 5.75 Å². The Morgan fingerprint density at radius 3 is 2.44 bits per heavy atom. The van der Waals surface area contributed by atoms with E-state index < -0.39 is 28.3 Å². The van der Waals surface area contributed by atoms with E-state index in [1.807, 2.05) is 6.07 Å². The molecule has 0 atom stereocenters. The Morgan fingerprint density at radius 1 is 1.03 bits per heavy atom. The molecule has 1 heterocycles. The number of nitrogens with zero attached hydrogens (tertiary/aromatic N) is 1. The number of hydrogen-bond donors (Lipinski definition) is 2. The standard InChI is InChI=1S/C23H16F3N3O5/c24-23(25,26)14-10-11-18(19(12-14)29(31)32)27-28-22(30)21-17(13-33-15-6-2-1-3-7-15)16-8-4-5-9-20(16)34-21/h1-12,27H,13H2,(H,28,30). The number of anilines is 1. The van der Waals surface area contributed by atoms with Gasteiger partial charge >= 0.3 is 12.1 Å². The number of nitro groups is 1. The first-order valence-electron chi connectivity index (χ1n) is 9.84. The summed E-state index contributed by atoms with van der Waals surface area (Å²) in [5.41, 5.74) is 3.03. The van der Waals surface area contributed by atoms with Crippen molar-refractivity contribution in [3.63, 3.8) is 0 Å². The van der Waals surface area contributed by atoms with Gasteiger partial charge in [0.25, 0.3) is 5.69 Å². The Balaban J connectivity index is 1.58. The molecule has 1 aromatic heterocycles. The van der Waals surface area contributed by atoms with Crippen molar-refractivity contribution in [1.82, 2.24) is 5.43 Å². The minimum Gasteiger partial charge on any atom is -0.489 e. The summed E-state index contributed by atoms with van der Waals surface area (Å²) in [6.45, 7) is -0.00971. The highest BCUT2D eigenvalue weighted by Gasteiger charge is 2.33. The summed E-state index contributed by atoms with van der Waals surface area (Å²) < 4.78 is 50.1. The summed E-state index contributed by atoms with van der Waals surface area (Å²) in [6.07, 6.45) is -4.76. The highest BCUT2D eigenvalue weighted by molar-refractivity contribution is 5.99. The maximum Gasteiger partial charge on any atom is 0.416 e. The summed E-state index contributed by atoms with van der Waals surface area (Å²) in [6, 6.07) is 17.7. The van der Waals surface area contributed by atoms with Gasteiger partial charge in [-0.25, -0.2) is 0 Å². The van der Waals surface area contributed by atoms with Crippen LogP contribution in [0.3, 0.4) is 0 Å². The molecule has 8 nitrogen and oxygen atoms in total. The van der Waals surface area contributed by atoms with Crippen LogP contribution in [0.1, 0.15) is 21.7 Å². The molecular formula is C23H16F3N3O5. The van der Waals surface area contributed by atoms with Gasteiger partial charge in [0.05, 0.1) is 10.5 Å². The number of amides is 1. The first-order chi connectivity index (χ1) is 16.2. The third-order valence-electron chi connectivity index (χ3n) is 4.86. The molecule has 1 amide bonds. The zero-order valence-electron chi connectivity index (χ0n) is 17.3. The molecule has 0 radical (unpaired) electrons. The number of hydrazine groups is 1. The number of nitro benzene ring substituents is 1. The van der Waals surface area contributed by atoms with Crippen LogP contribution in [-0.4, -0.2) is 10.8 Å². The molecule has 0 aliphatic heterocycles. The van der Waals surface area contributed by atoms with E-state index >= 15 is 0 Å². The first-order valence-corrected chi connectivity index (χ1v) is 9.84. The topological polar surface area (TPSA) is 107 Å². The molecule has 4 rings (SSSR count). The summed E-state index contributed by atoms with van der Waals surface area (Å²) in [5, 5.41) is 11.9. The van der Waals surface area contributed by atoms with Gasteiger partial charge in [0, 0.05) is 17.0 Å². The number of nitrogens with one attached hydrogen (secondary N) is 2. The lowest BCUT2D eigenvalue weighted by molar-refractivity contribution is -0.384. The number of carbonyl (C=O) groups is 1. The largest absolute Gasteiger partial charge is 0.489 e. The number of carbonyl (C=O) groups excluding carboxylic acids is 1. The molecule has 0 spiro atoms. The SMILES string of the molecule is O=C(NNc1ccc(C(F)(F)F)cc1[N+](=O)[O-])c1oc2ccccc2c1COc1ccccc1. The molecule has 174 valence electrons.